The summed E-state index contributed by atoms with van der Waals surface area (Å²) in [5, 5.41) is 3.21. The van der Waals surface area contributed by atoms with Crippen molar-refractivity contribution in [2.75, 3.05) is 0 Å². The third-order valence-electron chi connectivity index (χ3n) is 5.40. The van der Waals surface area contributed by atoms with Gasteiger partial charge in [-0.2, -0.15) is 0 Å². The molecule has 0 saturated carbocycles. The van der Waals surface area contributed by atoms with Gasteiger partial charge in [0.1, 0.15) is 0 Å². The van der Waals surface area contributed by atoms with Gasteiger partial charge in [0, 0.05) is 27.5 Å². The van der Waals surface area contributed by atoms with E-state index >= 15 is 0 Å². The summed E-state index contributed by atoms with van der Waals surface area (Å²) in [7, 11) is 0. The van der Waals surface area contributed by atoms with Crippen LogP contribution in [0.3, 0.4) is 0 Å². The topological polar surface area (TPSA) is 35.1 Å². The Hall–Kier alpha value is -3.01. The Morgan fingerprint density at radius 1 is 0.800 bits per heavy atom. The highest BCUT2D eigenvalue weighted by molar-refractivity contribution is 6.31. The molecule has 0 atom stereocenters. The molecule has 0 bridgehead atoms. The summed E-state index contributed by atoms with van der Waals surface area (Å²) in [5.41, 5.74) is 4.24. The fourth-order valence-corrected chi connectivity index (χ4v) is 4.34. The molecule has 0 N–H and O–H groups in total. The van der Waals surface area contributed by atoms with Crippen molar-refractivity contribution < 1.29 is 4.42 Å². The van der Waals surface area contributed by atoms with Crippen LogP contribution in [0.15, 0.2) is 82.0 Å². The quantitative estimate of drug-likeness (QED) is 0.296. The molecule has 5 rings (SSSR count). The molecule has 30 heavy (non-hydrogen) atoms. The third kappa shape index (κ3) is 2.94. The summed E-state index contributed by atoms with van der Waals surface area (Å²) in [6.45, 7) is 2.73. The number of hydrogen-bond donors (Lipinski definition) is 0. The molecule has 5 heteroatoms. The van der Waals surface area contributed by atoms with Crippen LogP contribution in [0.25, 0.3) is 44.3 Å². The van der Waals surface area contributed by atoms with E-state index in [9.17, 15) is 4.79 Å². The first-order chi connectivity index (χ1) is 14.6. The van der Waals surface area contributed by atoms with E-state index in [4.69, 9.17) is 27.6 Å². The van der Waals surface area contributed by atoms with Gasteiger partial charge in [-0.05, 0) is 48.4 Å². The summed E-state index contributed by atoms with van der Waals surface area (Å²) in [6.07, 6.45) is 0. The van der Waals surface area contributed by atoms with E-state index in [1.54, 1.807) is 12.1 Å². The maximum Gasteiger partial charge on any atom is 0.346 e. The van der Waals surface area contributed by atoms with E-state index in [1.165, 1.54) is 0 Å². The van der Waals surface area contributed by atoms with Gasteiger partial charge in [0.15, 0.2) is 0 Å². The summed E-state index contributed by atoms with van der Waals surface area (Å²) < 4.78 is 7.96. The van der Waals surface area contributed by atoms with Crippen LogP contribution in [0, 0.1) is 0 Å². The molecular formula is C25H17Cl2NO2. The lowest BCUT2D eigenvalue weighted by Gasteiger charge is -2.12. The summed E-state index contributed by atoms with van der Waals surface area (Å²) in [4.78, 5) is 13.3. The number of hydrogen-bond acceptors (Lipinski definition) is 2. The number of halogens is 2. The van der Waals surface area contributed by atoms with Crippen molar-refractivity contribution in [1.29, 1.82) is 0 Å². The first-order valence-corrected chi connectivity index (χ1v) is 10.4. The van der Waals surface area contributed by atoms with Crippen molar-refractivity contribution >= 4 is 45.2 Å². The molecule has 0 aliphatic rings. The molecule has 0 radical (unpaired) electrons. The van der Waals surface area contributed by atoms with Crippen molar-refractivity contribution in [2.24, 2.45) is 0 Å². The van der Waals surface area contributed by atoms with Gasteiger partial charge in [-0.3, -0.25) is 0 Å². The van der Waals surface area contributed by atoms with Crippen LogP contribution in [0.2, 0.25) is 10.0 Å². The van der Waals surface area contributed by atoms with Crippen molar-refractivity contribution in [3.63, 3.8) is 0 Å². The fourth-order valence-electron chi connectivity index (χ4n) is 4.09. The fraction of sp³-hybridized carbons (Fsp3) is 0.0800. The first kappa shape index (κ1) is 19.0. The maximum atomic E-state index is 13.3. The van der Waals surface area contributed by atoms with Gasteiger partial charge in [0.25, 0.3) is 0 Å². The van der Waals surface area contributed by atoms with Gasteiger partial charge in [-0.15, -0.1) is 0 Å². The Labute approximate surface area is 183 Å². The summed E-state index contributed by atoms with van der Waals surface area (Å²) in [6, 6.07) is 22.9. The van der Waals surface area contributed by atoms with Gasteiger partial charge < -0.3 is 8.98 Å². The Kier molecular flexibility index (Phi) is 4.65. The van der Waals surface area contributed by atoms with E-state index in [-0.39, 0.29) is 5.63 Å². The molecule has 2 heterocycles. The minimum absolute atomic E-state index is 0.382. The van der Waals surface area contributed by atoms with Crippen LogP contribution < -0.4 is 5.63 Å². The molecule has 0 amide bonds. The monoisotopic (exact) mass is 433 g/mol. The van der Waals surface area contributed by atoms with Crippen LogP contribution in [0.1, 0.15) is 6.92 Å². The minimum Gasteiger partial charge on any atom is -0.405 e. The normalized spacial score (nSPS) is 11.4. The zero-order chi connectivity index (χ0) is 20.8. The molecule has 2 aromatic heterocycles. The zero-order valence-corrected chi connectivity index (χ0v) is 17.7. The van der Waals surface area contributed by atoms with Crippen molar-refractivity contribution in [1.82, 2.24) is 4.57 Å². The van der Waals surface area contributed by atoms with E-state index in [1.807, 2.05) is 66.1 Å². The molecule has 5 aromatic rings. The Balaban J connectivity index is 2.02. The second-order valence-corrected chi connectivity index (χ2v) is 7.97. The first-order valence-electron chi connectivity index (χ1n) is 9.68. The molecule has 0 saturated heterocycles. The molecule has 0 unspecified atom stereocenters. The maximum absolute atomic E-state index is 13.3. The van der Waals surface area contributed by atoms with Crippen LogP contribution >= 0.6 is 23.2 Å². The second-order valence-electron chi connectivity index (χ2n) is 7.09. The standard InChI is InChI=1S/C25H17Cl2NO2/c1-2-28-20-6-4-3-5-19(20)23-21(15-7-11-17(26)12-8-15)22(25(29)30-24(23)28)16-9-13-18(27)14-10-16/h3-14H,2H2,1H3. The molecular weight excluding hydrogens is 417 g/mol. The van der Waals surface area contributed by atoms with E-state index < -0.39 is 0 Å². The minimum atomic E-state index is -0.382. The lowest BCUT2D eigenvalue weighted by Crippen LogP contribution is -2.07. The van der Waals surface area contributed by atoms with Crippen LogP contribution in [0.5, 0.6) is 0 Å². The van der Waals surface area contributed by atoms with Gasteiger partial charge in [-0.1, -0.05) is 65.7 Å². The Morgan fingerprint density at radius 2 is 1.37 bits per heavy atom. The third-order valence-corrected chi connectivity index (χ3v) is 5.90. The molecule has 3 nitrogen and oxygen atoms in total. The van der Waals surface area contributed by atoms with Crippen LogP contribution in [0.4, 0.5) is 0 Å². The highest BCUT2D eigenvalue weighted by Crippen LogP contribution is 2.41. The molecule has 0 aliphatic heterocycles. The van der Waals surface area contributed by atoms with Gasteiger partial charge >= 0.3 is 5.63 Å². The molecule has 0 fully saturated rings. The average Bonchev–Trinajstić information content (AvgIpc) is 3.07. The highest BCUT2D eigenvalue weighted by Gasteiger charge is 2.23. The largest absolute Gasteiger partial charge is 0.405 e. The van der Waals surface area contributed by atoms with E-state index in [0.29, 0.717) is 27.9 Å². The van der Waals surface area contributed by atoms with E-state index in [0.717, 1.165) is 33.0 Å². The Morgan fingerprint density at radius 3 is 1.97 bits per heavy atom. The van der Waals surface area contributed by atoms with Crippen LogP contribution in [-0.4, -0.2) is 4.57 Å². The number of benzene rings is 3. The number of aryl methyl sites for hydroxylation is 1. The highest BCUT2D eigenvalue weighted by atomic mass is 35.5. The van der Waals surface area contributed by atoms with Crippen molar-refractivity contribution in [2.45, 2.75) is 13.5 Å². The molecule has 3 aromatic carbocycles. The zero-order valence-electron chi connectivity index (χ0n) is 16.2. The molecule has 148 valence electrons. The average molecular weight is 434 g/mol. The predicted molar refractivity (Wildman–Crippen MR) is 125 cm³/mol. The van der Waals surface area contributed by atoms with Crippen molar-refractivity contribution in [3.8, 4) is 22.3 Å². The number of para-hydroxylation sites is 1. The SMILES string of the molecule is CCn1c2ccccc2c2c(-c3ccc(Cl)cc3)c(-c3ccc(Cl)cc3)c(=O)oc21. The smallest absolute Gasteiger partial charge is 0.346 e. The number of rotatable bonds is 3. The number of fused-ring (bicyclic) bond motifs is 3. The molecule has 0 spiro atoms. The second kappa shape index (κ2) is 7.35. The number of nitrogens with zero attached hydrogens (tertiary/aromatic N) is 1. The molecule has 0 aliphatic carbocycles. The van der Waals surface area contributed by atoms with Crippen LogP contribution in [-0.2, 0) is 6.54 Å². The van der Waals surface area contributed by atoms with Gasteiger partial charge in [-0.25, -0.2) is 4.79 Å². The lowest BCUT2D eigenvalue weighted by atomic mass is 9.93. The lowest BCUT2D eigenvalue weighted by molar-refractivity contribution is 0.532. The van der Waals surface area contributed by atoms with Crippen molar-refractivity contribution in [3.05, 3.63) is 93.3 Å². The summed E-state index contributed by atoms with van der Waals surface area (Å²) >= 11 is 12.2. The van der Waals surface area contributed by atoms with E-state index in [2.05, 4.69) is 6.07 Å². The van der Waals surface area contributed by atoms with Gasteiger partial charge in [0.05, 0.1) is 16.5 Å². The number of aromatic nitrogens is 1. The Bertz CT molecular complexity index is 1450. The predicted octanol–water partition coefficient (Wildman–Crippen LogP) is 7.41. The summed E-state index contributed by atoms with van der Waals surface area (Å²) in [5.74, 6) is 0. The van der Waals surface area contributed by atoms with Gasteiger partial charge in [0.2, 0.25) is 5.71 Å².